The molecule has 1 aliphatic carbocycles. The lowest BCUT2D eigenvalue weighted by Crippen LogP contribution is -2.43. The van der Waals surface area contributed by atoms with Gasteiger partial charge in [0.2, 0.25) is 5.91 Å². The SMILES string of the molecule is O=C(Nc1ccc2c3c(cccc13)CC2)C1CCCN(S(=O)(=O)c2ccc(Cl)s2)C1. The highest BCUT2D eigenvalue weighted by Gasteiger charge is 2.34. The van der Waals surface area contributed by atoms with Gasteiger partial charge >= 0.3 is 0 Å². The van der Waals surface area contributed by atoms with E-state index in [9.17, 15) is 13.2 Å². The molecule has 2 aromatic carbocycles. The Morgan fingerprint density at radius 3 is 2.67 bits per heavy atom. The third-order valence-corrected chi connectivity index (χ3v) is 9.60. The monoisotopic (exact) mass is 460 g/mol. The van der Waals surface area contributed by atoms with Crippen molar-refractivity contribution < 1.29 is 13.2 Å². The van der Waals surface area contributed by atoms with Gasteiger partial charge in [-0.15, -0.1) is 11.3 Å². The van der Waals surface area contributed by atoms with Crippen LogP contribution in [-0.2, 0) is 27.7 Å². The molecule has 1 fully saturated rings. The van der Waals surface area contributed by atoms with Crippen LogP contribution in [0.25, 0.3) is 10.8 Å². The Morgan fingerprint density at radius 1 is 1.10 bits per heavy atom. The summed E-state index contributed by atoms with van der Waals surface area (Å²) in [7, 11) is -3.63. The van der Waals surface area contributed by atoms with E-state index in [-0.39, 0.29) is 22.6 Å². The highest BCUT2D eigenvalue weighted by molar-refractivity contribution is 7.91. The number of anilines is 1. The highest BCUT2D eigenvalue weighted by atomic mass is 35.5. The molecule has 1 atom stereocenters. The second-order valence-electron chi connectivity index (χ2n) is 7.86. The van der Waals surface area contributed by atoms with Gasteiger partial charge in [-0.3, -0.25) is 4.79 Å². The largest absolute Gasteiger partial charge is 0.325 e. The quantitative estimate of drug-likeness (QED) is 0.614. The van der Waals surface area contributed by atoms with E-state index in [4.69, 9.17) is 11.6 Å². The molecule has 0 spiro atoms. The lowest BCUT2D eigenvalue weighted by Gasteiger charge is -2.30. The third kappa shape index (κ3) is 3.43. The van der Waals surface area contributed by atoms with Crippen LogP contribution in [0, 0.1) is 5.92 Å². The van der Waals surface area contributed by atoms with Crippen molar-refractivity contribution in [1.82, 2.24) is 4.31 Å². The van der Waals surface area contributed by atoms with E-state index in [1.165, 1.54) is 26.9 Å². The Labute approximate surface area is 184 Å². The Hall–Kier alpha value is -1.93. The summed E-state index contributed by atoms with van der Waals surface area (Å²) in [4.78, 5) is 13.1. The second kappa shape index (κ2) is 7.64. The molecule has 8 heteroatoms. The van der Waals surface area contributed by atoms with Crippen molar-refractivity contribution in [2.75, 3.05) is 18.4 Å². The molecule has 5 rings (SSSR count). The minimum atomic E-state index is -3.63. The molecule has 0 radical (unpaired) electrons. The van der Waals surface area contributed by atoms with Crippen LogP contribution in [0.15, 0.2) is 46.7 Å². The summed E-state index contributed by atoms with van der Waals surface area (Å²) >= 11 is 6.97. The number of amides is 1. The smallest absolute Gasteiger partial charge is 0.252 e. The first-order chi connectivity index (χ1) is 14.4. The minimum absolute atomic E-state index is 0.127. The molecule has 1 amide bonds. The molecule has 1 aromatic heterocycles. The van der Waals surface area contributed by atoms with Gasteiger partial charge in [0.15, 0.2) is 0 Å². The summed E-state index contributed by atoms with van der Waals surface area (Å²) in [6, 6.07) is 13.4. The standard InChI is InChI=1S/C22H21ClN2O3S2/c23-19-10-11-20(29-19)30(27,28)25-12-2-4-16(13-25)22(26)24-18-9-8-15-7-6-14-3-1-5-17(18)21(14)15/h1,3,5,8-11,16H,2,4,6-7,12-13H2,(H,24,26). The van der Waals surface area contributed by atoms with Crippen molar-refractivity contribution in [2.24, 2.45) is 5.92 Å². The number of benzene rings is 2. The van der Waals surface area contributed by atoms with Crippen LogP contribution in [0.2, 0.25) is 4.34 Å². The van der Waals surface area contributed by atoms with E-state index in [1.807, 2.05) is 18.2 Å². The van der Waals surface area contributed by atoms with Crippen LogP contribution < -0.4 is 5.32 Å². The van der Waals surface area contributed by atoms with Crippen molar-refractivity contribution in [1.29, 1.82) is 0 Å². The maximum Gasteiger partial charge on any atom is 0.252 e. The van der Waals surface area contributed by atoms with Crippen LogP contribution in [0.4, 0.5) is 5.69 Å². The summed E-state index contributed by atoms with van der Waals surface area (Å²) in [5, 5.41) is 5.38. The molecule has 2 heterocycles. The number of nitrogens with zero attached hydrogens (tertiary/aromatic N) is 1. The predicted octanol–water partition coefficient (Wildman–Crippen LogP) is 4.69. The molecule has 30 heavy (non-hydrogen) atoms. The maximum absolute atomic E-state index is 13.1. The van der Waals surface area contributed by atoms with Gasteiger partial charge in [-0.05, 0) is 60.4 Å². The molecule has 1 unspecified atom stereocenters. The predicted molar refractivity (Wildman–Crippen MR) is 121 cm³/mol. The average molecular weight is 461 g/mol. The molecule has 1 N–H and O–H groups in total. The fraction of sp³-hybridized carbons (Fsp3) is 0.318. The number of sulfonamides is 1. The number of carbonyl (C=O) groups is 1. The summed E-state index contributed by atoms with van der Waals surface area (Å²) < 4.78 is 27.9. The lowest BCUT2D eigenvalue weighted by molar-refractivity contribution is -0.120. The third-order valence-electron chi connectivity index (χ3n) is 6.03. The zero-order valence-electron chi connectivity index (χ0n) is 16.2. The molecule has 5 nitrogen and oxygen atoms in total. The van der Waals surface area contributed by atoms with Crippen LogP contribution in [0.1, 0.15) is 24.0 Å². The number of hydrogen-bond donors (Lipinski definition) is 1. The zero-order chi connectivity index (χ0) is 20.9. The van der Waals surface area contributed by atoms with Crippen LogP contribution >= 0.6 is 22.9 Å². The van der Waals surface area contributed by atoms with E-state index in [2.05, 4.69) is 17.4 Å². The van der Waals surface area contributed by atoms with Gasteiger partial charge in [-0.2, -0.15) is 4.31 Å². The topological polar surface area (TPSA) is 66.5 Å². The number of carbonyl (C=O) groups excluding carboxylic acids is 1. The molecule has 1 aliphatic heterocycles. The van der Waals surface area contributed by atoms with E-state index in [0.29, 0.717) is 23.7 Å². The van der Waals surface area contributed by atoms with Crippen LogP contribution in [0.5, 0.6) is 0 Å². The zero-order valence-corrected chi connectivity index (χ0v) is 18.6. The molecule has 156 valence electrons. The summed E-state index contributed by atoms with van der Waals surface area (Å²) in [5.74, 6) is -0.509. The summed E-state index contributed by atoms with van der Waals surface area (Å²) in [6.07, 6.45) is 3.39. The fourth-order valence-electron chi connectivity index (χ4n) is 4.53. The first-order valence-corrected chi connectivity index (χ1v) is 12.7. The Morgan fingerprint density at radius 2 is 1.90 bits per heavy atom. The number of nitrogens with one attached hydrogen (secondary N) is 1. The van der Waals surface area contributed by atoms with Gasteiger partial charge in [0, 0.05) is 24.2 Å². The number of thiophene rings is 1. The van der Waals surface area contributed by atoms with Crippen LogP contribution in [0.3, 0.4) is 0 Å². The maximum atomic E-state index is 13.1. The van der Waals surface area contributed by atoms with E-state index < -0.39 is 10.0 Å². The Balaban J connectivity index is 1.37. The Kier molecular flexibility index (Phi) is 5.09. The summed E-state index contributed by atoms with van der Waals surface area (Å²) in [5.41, 5.74) is 3.44. The minimum Gasteiger partial charge on any atom is -0.325 e. The first-order valence-electron chi connectivity index (χ1n) is 10.0. The second-order valence-corrected chi connectivity index (χ2v) is 11.7. The number of halogens is 1. The fourth-order valence-corrected chi connectivity index (χ4v) is 7.69. The van der Waals surface area contributed by atoms with Gasteiger partial charge in [0.05, 0.1) is 10.3 Å². The van der Waals surface area contributed by atoms with Crippen molar-refractivity contribution in [2.45, 2.75) is 29.9 Å². The highest BCUT2D eigenvalue weighted by Crippen LogP contribution is 2.36. The number of aryl methyl sites for hydroxylation is 2. The molecule has 3 aromatic rings. The summed E-state index contributed by atoms with van der Waals surface area (Å²) in [6.45, 7) is 0.605. The average Bonchev–Trinajstić information content (AvgIpc) is 3.38. The Bertz CT molecular complexity index is 1240. The van der Waals surface area contributed by atoms with Gasteiger partial charge in [0.25, 0.3) is 10.0 Å². The van der Waals surface area contributed by atoms with Crippen molar-refractivity contribution in [3.8, 4) is 0 Å². The molecular weight excluding hydrogens is 440 g/mol. The molecule has 2 aliphatic rings. The number of rotatable bonds is 4. The van der Waals surface area contributed by atoms with E-state index in [1.54, 1.807) is 6.07 Å². The lowest BCUT2D eigenvalue weighted by atomic mass is 9.98. The number of hydrogen-bond acceptors (Lipinski definition) is 4. The first kappa shape index (κ1) is 20.0. The van der Waals surface area contributed by atoms with Crippen molar-refractivity contribution in [3.05, 3.63) is 57.9 Å². The molecule has 1 saturated heterocycles. The van der Waals surface area contributed by atoms with Gasteiger partial charge in [0.1, 0.15) is 4.21 Å². The normalized spacial score (nSPS) is 19.3. The molecule has 0 saturated carbocycles. The van der Waals surface area contributed by atoms with Gasteiger partial charge < -0.3 is 5.32 Å². The van der Waals surface area contributed by atoms with E-state index >= 15 is 0 Å². The van der Waals surface area contributed by atoms with Crippen molar-refractivity contribution >= 4 is 55.3 Å². The van der Waals surface area contributed by atoms with Crippen molar-refractivity contribution in [3.63, 3.8) is 0 Å². The molecular formula is C22H21ClN2O3S2. The number of piperidine rings is 1. The van der Waals surface area contributed by atoms with Crippen LogP contribution in [-0.4, -0.2) is 31.7 Å². The van der Waals surface area contributed by atoms with Gasteiger partial charge in [-0.1, -0.05) is 35.9 Å². The molecule has 0 bridgehead atoms. The van der Waals surface area contributed by atoms with E-state index in [0.717, 1.165) is 35.3 Å². The van der Waals surface area contributed by atoms with Gasteiger partial charge in [-0.25, -0.2) is 8.42 Å².